The molecule has 142 valence electrons. The molecule has 0 saturated carbocycles. The van der Waals surface area contributed by atoms with Gasteiger partial charge in [0.25, 0.3) is 0 Å². The molecule has 2 fully saturated rings. The quantitative estimate of drug-likeness (QED) is 0.602. The van der Waals surface area contributed by atoms with Crippen molar-refractivity contribution in [1.82, 2.24) is 5.32 Å². The highest BCUT2D eigenvalue weighted by Gasteiger charge is 2.54. The Morgan fingerprint density at radius 2 is 1.84 bits per heavy atom. The molecule has 8 heteroatoms. The number of ether oxygens (including phenoxy) is 5. The number of methoxy groups -OCH3 is 1. The van der Waals surface area contributed by atoms with E-state index < -0.39 is 35.7 Å². The third-order valence-electron chi connectivity index (χ3n) is 3.66. The zero-order valence-corrected chi connectivity index (χ0v) is 15.5. The zero-order valence-electron chi connectivity index (χ0n) is 15.5. The summed E-state index contributed by atoms with van der Waals surface area (Å²) in [6.45, 7) is 9.20. The minimum Gasteiger partial charge on any atom is -0.466 e. The third kappa shape index (κ3) is 5.42. The summed E-state index contributed by atoms with van der Waals surface area (Å²) in [5, 5.41) is 2.68. The minimum atomic E-state index is -0.763. The Hall–Kier alpha value is -1.64. The molecule has 0 aromatic rings. The van der Waals surface area contributed by atoms with E-state index in [1.165, 1.54) is 13.2 Å². The van der Waals surface area contributed by atoms with Gasteiger partial charge in [-0.1, -0.05) is 0 Å². The lowest BCUT2D eigenvalue weighted by Crippen LogP contribution is -2.41. The number of nitrogens with one attached hydrogen (secondary N) is 1. The highest BCUT2D eigenvalue weighted by atomic mass is 16.8. The lowest BCUT2D eigenvalue weighted by atomic mass is 10.1. The van der Waals surface area contributed by atoms with Crippen molar-refractivity contribution in [3.63, 3.8) is 0 Å². The van der Waals surface area contributed by atoms with Crippen LogP contribution in [0.5, 0.6) is 0 Å². The molecule has 2 aliphatic rings. The van der Waals surface area contributed by atoms with Crippen molar-refractivity contribution >= 4 is 12.1 Å². The molecule has 2 saturated heterocycles. The van der Waals surface area contributed by atoms with Crippen LogP contribution in [0.4, 0.5) is 4.79 Å². The van der Waals surface area contributed by atoms with Crippen LogP contribution in [-0.2, 0) is 28.5 Å². The maximum Gasteiger partial charge on any atom is 0.407 e. The summed E-state index contributed by atoms with van der Waals surface area (Å²) in [5.41, 5.74) is -0.579. The van der Waals surface area contributed by atoms with E-state index in [-0.39, 0.29) is 18.8 Å². The average Bonchev–Trinajstić information content (AvgIpc) is 2.94. The van der Waals surface area contributed by atoms with Crippen LogP contribution < -0.4 is 5.32 Å². The van der Waals surface area contributed by atoms with E-state index in [2.05, 4.69) is 10.1 Å². The van der Waals surface area contributed by atoms with Crippen LogP contribution in [0.2, 0.25) is 0 Å². The van der Waals surface area contributed by atoms with E-state index in [1.807, 2.05) is 13.8 Å². The molecule has 0 unspecified atom stereocenters. The number of fused-ring (bicyclic) bond motifs is 1. The molecule has 2 heterocycles. The van der Waals surface area contributed by atoms with Crippen molar-refractivity contribution in [1.29, 1.82) is 0 Å². The molecule has 0 bridgehead atoms. The maximum absolute atomic E-state index is 11.8. The normalized spacial score (nSPS) is 31.0. The van der Waals surface area contributed by atoms with Gasteiger partial charge < -0.3 is 29.0 Å². The average molecular weight is 357 g/mol. The van der Waals surface area contributed by atoms with Crippen molar-refractivity contribution in [2.45, 2.75) is 70.4 Å². The second-order valence-electron chi connectivity index (χ2n) is 7.47. The van der Waals surface area contributed by atoms with Crippen molar-refractivity contribution < 1.29 is 33.3 Å². The predicted octanol–water partition coefficient (Wildman–Crippen LogP) is 1.53. The van der Waals surface area contributed by atoms with E-state index in [1.54, 1.807) is 26.8 Å². The molecule has 0 radical (unpaired) electrons. The highest BCUT2D eigenvalue weighted by molar-refractivity contribution is 5.81. The zero-order chi connectivity index (χ0) is 18.8. The summed E-state index contributed by atoms with van der Waals surface area (Å²) in [5.74, 6) is -1.24. The second kappa shape index (κ2) is 7.31. The van der Waals surface area contributed by atoms with Crippen molar-refractivity contribution in [2.75, 3.05) is 13.7 Å². The van der Waals surface area contributed by atoms with Gasteiger partial charge in [0.2, 0.25) is 0 Å². The molecular formula is C17H27NO7. The lowest BCUT2D eigenvalue weighted by Gasteiger charge is -2.24. The fourth-order valence-electron chi connectivity index (χ4n) is 2.77. The molecule has 1 N–H and O–H groups in total. The van der Waals surface area contributed by atoms with Crippen LogP contribution in [0.15, 0.2) is 12.2 Å². The van der Waals surface area contributed by atoms with Gasteiger partial charge in [-0.15, -0.1) is 0 Å². The highest BCUT2D eigenvalue weighted by Crippen LogP contribution is 2.39. The molecule has 2 rings (SSSR count). The van der Waals surface area contributed by atoms with Gasteiger partial charge in [0, 0.05) is 12.6 Å². The van der Waals surface area contributed by atoms with Gasteiger partial charge in [0.15, 0.2) is 5.79 Å². The Morgan fingerprint density at radius 3 is 2.44 bits per heavy atom. The summed E-state index contributed by atoms with van der Waals surface area (Å²) in [6.07, 6.45) is 0.711. The van der Waals surface area contributed by atoms with Gasteiger partial charge in [0.1, 0.15) is 30.0 Å². The molecule has 2 aliphatic heterocycles. The van der Waals surface area contributed by atoms with E-state index >= 15 is 0 Å². The van der Waals surface area contributed by atoms with Gasteiger partial charge in [-0.25, -0.2) is 9.59 Å². The van der Waals surface area contributed by atoms with Crippen LogP contribution in [0, 0.1) is 0 Å². The lowest BCUT2D eigenvalue weighted by molar-refractivity contribution is -0.181. The van der Waals surface area contributed by atoms with E-state index in [0.29, 0.717) is 0 Å². The van der Waals surface area contributed by atoms with Gasteiger partial charge in [-0.2, -0.15) is 0 Å². The molecule has 0 aliphatic carbocycles. The first-order valence-electron chi connectivity index (χ1n) is 8.25. The van der Waals surface area contributed by atoms with Gasteiger partial charge >= 0.3 is 12.1 Å². The standard InChI is InChI=1S/C17H27NO7/c1-16(2,3)25-15(20)18-9-11-14-13(23-17(4,5)24-14)10(22-11)7-8-12(19)21-6/h7-8,10-11,13-14H,9H2,1-6H3,(H,18,20)/b8-7-/t10-,11-,13+,14-/m1/s1. The Kier molecular flexibility index (Phi) is 5.75. The number of hydrogen-bond donors (Lipinski definition) is 1. The van der Waals surface area contributed by atoms with E-state index in [9.17, 15) is 9.59 Å². The Labute approximate surface area is 147 Å². The number of esters is 1. The van der Waals surface area contributed by atoms with E-state index in [4.69, 9.17) is 18.9 Å². The Balaban J connectivity index is 2.00. The fourth-order valence-corrected chi connectivity index (χ4v) is 2.77. The van der Waals surface area contributed by atoms with Gasteiger partial charge in [-0.3, -0.25) is 0 Å². The molecule has 0 spiro atoms. The third-order valence-corrected chi connectivity index (χ3v) is 3.66. The molecule has 0 aromatic carbocycles. The number of carbonyl (C=O) groups excluding carboxylic acids is 2. The summed E-state index contributed by atoms with van der Waals surface area (Å²) in [4.78, 5) is 23.1. The molecule has 0 aromatic heterocycles. The van der Waals surface area contributed by atoms with Crippen LogP contribution in [0.3, 0.4) is 0 Å². The summed E-state index contributed by atoms with van der Waals surface area (Å²) in [6, 6.07) is 0. The number of rotatable bonds is 4. The number of alkyl carbamates (subject to hydrolysis) is 1. The Morgan fingerprint density at radius 1 is 1.20 bits per heavy atom. The topological polar surface area (TPSA) is 92.3 Å². The molecule has 4 atom stereocenters. The number of amides is 1. The Bertz CT molecular complexity index is 538. The number of hydrogen-bond acceptors (Lipinski definition) is 7. The van der Waals surface area contributed by atoms with Crippen molar-refractivity contribution in [2.24, 2.45) is 0 Å². The van der Waals surface area contributed by atoms with Crippen molar-refractivity contribution in [3.8, 4) is 0 Å². The number of carbonyl (C=O) groups is 2. The van der Waals surface area contributed by atoms with E-state index in [0.717, 1.165) is 0 Å². The van der Waals surface area contributed by atoms with Crippen LogP contribution in [0.1, 0.15) is 34.6 Å². The van der Waals surface area contributed by atoms with Gasteiger partial charge in [-0.05, 0) is 40.7 Å². The largest absolute Gasteiger partial charge is 0.466 e. The first kappa shape index (κ1) is 19.7. The fraction of sp³-hybridized carbons (Fsp3) is 0.765. The van der Waals surface area contributed by atoms with Gasteiger partial charge in [0.05, 0.1) is 7.11 Å². The van der Waals surface area contributed by atoms with Crippen molar-refractivity contribution in [3.05, 3.63) is 12.2 Å². The first-order chi connectivity index (χ1) is 11.5. The SMILES string of the molecule is COC(=O)/C=C\[C@H]1O[C@H](CNC(=O)OC(C)(C)C)[C@H]2OC(C)(C)O[C@H]21. The van der Waals surface area contributed by atoms with Crippen LogP contribution in [0.25, 0.3) is 0 Å². The van der Waals surface area contributed by atoms with Crippen LogP contribution >= 0.6 is 0 Å². The monoisotopic (exact) mass is 357 g/mol. The minimum absolute atomic E-state index is 0.206. The summed E-state index contributed by atoms with van der Waals surface area (Å²) in [7, 11) is 1.30. The molecular weight excluding hydrogens is 330 g/mol. The first-order valence-corrected chi connectivity index (χ1v) is 8.25. The summed E-state index contributed by atoms with van der Waals surface area (Å²) < 4.78 is 27.5. The second-order valence-corrected chi connectivity index (χ2v) is 7.47. The molecule has 25 heavy (non-hydrogen) atoms. The maximum atomic E-state index is 11.8. The van der Waals surface area contributed by atoms with Crippen LogP contribution in [-0.4, -0.2) is 61.5 Å². The smallest absolute Gasteiger partial charge is 0.407 e. The molecule has 1 amide bonds. The molecule has 8 nitrogen and oxygen atoms in total. The summed E-state index contributed by atoms with van der Waals surface area (Å²) >= 11 is 0. The predicted molar refractivity (Wildman–Crippen MR) is 87.9 cm³/mol.